The van der Waals surface area contributed by atoms with Crippen LogP contribution in [0.15, 0.2) is 25.3 Å². The van der Waals surface area contributed by atoms with Gasteiger partial charge in [0.25, 0.3) is 0 Å². The van der Waals surface area contributed by atoms with Crippen molar-refractivity contribution in [2.75, 3.05) is 20.1 Å². The third kappa shape index (κ3) is 12.0. The Labute approximate surface area is 163 Å². The first-order valence-corrected chi connectivity index (χ1v) is 9.58. The van der Waals surface area contributed by atoms with Gasteiger partial charge in [0.2, 0.25) is 11.8 Å². The van der Waals surface area contributed by atoms with Gasteiger partial charge < -0.3 is 15.3 Å². The number of carboxylic acids is 1. The monoisotopic (exact) mass is 380 g/mol. The Bertz CT molecular complexity index is 514. The number of carboxylic acid groups (broad SMARTS) is 1. The van der Waals surface area contributed by atoms with Crippen LogP contribution in [0.4, 0.5) is 0 Å². The van der Waals surface area contributed by atoms with Crippen LogP contribution in [0.5, 0.6) is 0 Å². The number of aliphatic carboxylic acids is 1. The van der Waals surface area contributed by atoms with Crippen LogP contribution in [-0.4, -0.2) is 47.9 Å². The van der Waals surface area contributed by atoms with E-state index in [1.54, 1.807) is 18.0 Å². The number of hydrogen-bond donors (Lipinski definition) is 2. The van der Waals surface area contributed by atoms with Crippen LogP contribution in [0.25, 0.3) is 0 Å². The number of carbonyl (C=O) groups excluding carboxylic acids is 2. The number of amides is 2. The Hall–Kier alpha value is -2.11. The zero-order chi connectivity index (χ0) is 20.9. The molecule has 0 aromatic heterocycles. The van der Waals surface area contributed by atoms with Gasteiger partial charge >= 0.3 is 5.97 Å². The summed E-state index contributed by atoms with van der Waals surface area (Å²) in [4.78, 5) is 37.5. The van der Waals surface area contributed by atoms with E-state index in [-0.39, 0.29) is 18.2 Å². The maximum Gasteiger partial charge on any atom is 0.304 e. The van der Waals surface area contributed by atoms with Crippen LogP contribution in [0.2, 0.25) is 0 Å². The van der Waals surface area contributed by atoms with Gasteiger partial charge in [-0.3, -0.25) is 14.4 Å². The number of allylic oxidation sites excluding steroid dienone is 2. The van der Waals surface area contributed by atoms with Crippen molar-refractivity contribution in [1.82, 2.24) is 10.2 Å². The van der Waals surface area contributed by atoms with Crippen molar-refractivity contribution < 1.29 is 19.5 Å². The molecule has 0 bridgehead atoms. The van der Waals surface area contributed by atoms with Gasteiger partial charge in [-0.15, -0.1) is 13.2 Å². The molecule has 2 amide bonds. The van der Waals surface area contributed by atoms with Crippen LogP contribution in [0, 0.1) is 11.3 Å². The summed E-state index contributed by atoms with van der Waals surface area (Å²) in [5.74, 6) is -1.77. The number of nitrogens with one attached hydrogen (secondary N) is 1. The van der Waals surface area contributed by atoms with Crippen LogP contribution in [-0.2, 0) is 14.4 Å². The minimum Gasteiger partial charge on any atom is -0.481 e. The van der Waals surface area contributed by atoms with E-state index in [0.29, 0.717) is 25.9 Å². The second kappa shape index (κ2) is 13.1. The summed E-state index contributed by atoms with van der Waals surface area (Å²) in [5.41, 5.74) is -0.408. The minimum atomic E-state index is -0.982. The molecule has 0 spiro atoms. The molecule has 0 aromatic carbocycles. The fourth-order valence-corrected chi connectivity index (χ4v) is 2.72. The van der Waals surface area contributed by atoms with Crippen molar-refractivity contribution in [3.63, 3.8) is 0 Å². The molecule has 6 nitrogen and oxygen atoms in total. The molecule has 0 aliphatic carbocycles. The number of nitrogens with zero attached hydrogens (tertiary/aromatic N) is 1. The maximum absolute atomic E-state index is 12.4. The first kappa shape index (κ1) is 24.9. The topological polar surface area (TPSA) is 86.7 Å². The van der Waals surface area contributed by atoms with Crippen molar-refractivity contribution in [2.24, 2.45) is 11.3 Å². The van der Waals surface area contributed by atoms with Gasteiger partial charge in [-0.1, -0.05) is 26.0 Å². The lowest BCUT2D eigenvalue weighted by molar-refractivity contribution is -0.141. The largest absolute Gasteiger partial charge is 0.481 e. The third-order valence-corrected chi connectivity index (χ3v) is 4.45. The molecular formula is C21H36N2O4. The molecule has 27 heavy (non-hydrogen) atoms. The Morgan fingerprint density at radius 1 is 1.15 bits per heavy atom. The lowest BCUT2D eigenvalue weighted by atomic mass is 9.88. The minimum absolute atomic E-state index is 0.0337. The number of hydrogen-bond acceptors (Lipinski definition) is 3. The number of unbranched alkanes of at least 4 members (excludes halogenated alkanes) is 2. The molecule has 0 fully saturated rings. The van der Waals surface area contributed by atoms with Gasteiger partial charge in [-0.25, -0.2) is 0 Å². The fourth-order valence-electron chi connectivity index (χ4n) is 2.72. The second-order valence-electron chi connectivity index (χ2n) is 7.82. The van der Waals surface area contributed by atoms with Crippen LogP contribution in [0.1, 0.15) is 58.8 Å². The Morgan fingerprint density at radius 3 is 2.30 bits per heavy atom. The third-order valence-electron chi connectivity index (χ3n) is 4.45. The van der Waals surface area contributed by atoms with Gasteiger partial charge in [0.05, 0.1) is 6.42 Å². The normalized spacial score (nSPS) is 12.1. The van der Waals surface area contributed by atoms with E-state index in [9.17, 15) is 14.4 Å². The van der Waals surface area contributed by atoms with E-state index in [1.807, 2.05) is 19.9 Å². The van der Waals surface area contributed by atoms with Crippen molar-refractivity contribution >= 4 is 17.8 Å². The van der Waals surface area contributed by atoms with Crippen LogP contribution >= 0.6 is 0 Å². The molecule has 0 aliphatic heterocycles. The molecule has 1 atom stereocenters. The summed E-state index contributed by atoms with van der Waals surface area (Å²) in [6.45, 7) is 12.2. The highest BCUT2D eigenvalue weighted by molar-refractivity contribution is 5.83. The summed E-state index contributed by atoms with van der Waals surface area (Å²) in [5, 5.41) is 11.9. The lowest BCUT2D eigenvalue weighted by Gasteiger charge is -2.28. The van der Waals surface area contributed by atoms with Crippen molar-refractivity contribution in [3.05, 3.63) is 25.3 Å². The molecule has 0 aliphatic rings. The van der Waals surface area contributed by atoms with E-state index in [1.165, 1.54) is 0 Å². The van der Waals surface area contributed by atoms with E-state index in [0.717, 1.165) is 25.7 Å². The summed E-state index contributed by atoms with van der Waals surface area (Å²) in [6.07, 6.45) is 7.46. The van der Waals surface area contributed by atoms with Crippen molar-refractivity contribution in [1.29, 1.82) is 0 Å². The summed E-state index contributed by atoms with van der Waals surface area (Å²) in [6, 6.07) is 0. The van der Waals surface area contributed by atoms with Gasteiger partial charge in [-0.2, -0.15) is 0 Å². The predicted molar refractivity (Wildman–Crippen MR) is 108 cm³/mol. The van der Waals surface area contributed by atoms with Gasteiger partial charge in [0.1, 0.15) is 0 Å². The highest BCUT2D eigenvalue weighted by Crippen LogP contribution is 2.21. The van der Waals surface area contributed by atoms with Crippen LogP contribution in [0.3, 0.4) is 0 Å². The molecule has 0 rings (SSSR count). The quantitative estimate of drug-likeness (QED) is 0.337. The average molecular weight is 381 g/mol. The molecule has 6 heteroatoms. The standard InChI is InChI=1S/C21H36N2O4/c1-6-8-10-12-17(14-19(25)26)20(27)22-16-21(3,4)15-18(24)23(5)13-11-9-7-2/h6-7,17H,1-2,8-16H2,3-5H3,(H,22,27)(H,25,26)/t17-/m1/s1. The SMILES string of the molecule is C=CCCC[C@H](CC(=O)O)C(=O)NCC(C)(C)CC(=O)N(C)CCCC=C. The van der Waals surface area contributed by atoms with Crippen molar-refractivity contribution in [3.8, 4) is 0 Å². The summed E-state index contributed by atoms with van der Waals surface area (Å²) in [7, 11) is 1.78. The Morgan fingerprint density at radius 2 is 1.74 bits per heavy atom. The molecule has 0 saturated heterocycles. The zero-order valence-corrected chi connectivity index (χ0v) is 17.1. The van der Waals surface area contributed by atoms with E-state index >= 15 is 0 Å². The average Bonchev–Trinajstić information content (AvgIpc) is 2.58. The molecule has 2 N–H and O–H groups in total. The highest BCUT2D eigenvalue weighted by atomic mass is 16.4. The number of carbonyl (C=O) groups is 3. The molecule has 0 unspecified atom stereocenters. The predicted octanol–water partition coefficient (Wildman–Crippen LogP) is 3.39. The second-order valence-corrected chi connectivity index (χ2v) is 7.82. The van der Waals surface area contributed by atoms with E-state index in [4.69, 9.17) is 5.11 Å². The Kier molecular flexibility index (Phi) is 12.1. The van der Waals surface area contributed by atoms with E-state index < -0.39 is 17.3 Å². The summed E-state index contributed by atoms with van der Waals surface area (Å²) >= 11 is 0. The highest BCUT2D eigenvalue weighted by Gasteiger charge is 2.27. The summed E-state index contributed by atoms with van der Waals surface area (Å²) < 4.78 is 0. The molecule has 154 valence electrons. The van der Waals surface area contributed by atoms with Crippen molar-refractivity contribution in [2.45, 2.75) is 58.8 Å². The first-order chi connectivity index (χ1) is 12.6. The molecule has 0 aromatic rings. The maximum atomic E-state index is 12.4. The fraction of sp³-hybridized carbons (Fsp3) is 0.667. The number of rotatable bonds is 15. The molecular weight excluding hydrogens is 344 g/mol. The lowest BCUT2D eigenvalue weighted by Crippen LogP contribution is -2.41. The molecule has 0 radical (unpaired) electrons. The Balaban J connectivity index is 4.57. The van der Waals surface area contributed by atoms with Crippen LogP contribution < -0.4 is 5.32 Å². The molecule has 0 heterocycles. The van der Waals surface area contributed by atoms with Gasteiger partial charge in [0.15, 0.2) is 0 Å². The molecule has 0 saturated carbocycles. The smallest absolute Gasteiger partial charge is 0.304 e. The first-order valence-electron chi connectivity index (χ1n) is 9.58. The van der Waals surface area contributed by atoms with Gasteiger partial charge in [0, 0.05) is 32.5 Å². The van der Waals surface area contributed by atoms with E-state index in [2.05, 4.69) is 18.5 Å². The van der Waals surface area contributed by atoms with Gasteiger partial charge in [-0.05, 0) is 37.5 Å². The zero-order valence-electron chi connectivity index (χ0n) is 17.1.